The van der Waals surface area contributed by atoms with E-state index < -0.39 is 17.7 Å². The summed E-state index contributed by atoms with van der Waals surface area (Å²) in [6.07, 6.45) is 0.154. The van der Waals surface area contributed by atoms with Gasteiger partial charge in [-0.05, 0) is 19.9 Å². The third kappa shape index (κ3) is 4.58. The molecule has 1 aromatic rings. The van der Waals surface area contributed by atoms with Gasteiger partial charge in [-0.1, -0.05) is 12.1 Å². The van der Waals surface area contributed by atoms with Crippen molar-refractivity contribution in [2.75, 3.05) is 0 Å². The van der Waals surface area contributed by atoms with Crippen LogP contribution in [0.1, 0.15) is 31.9 Å². The first-order valence-electron chi connectivity index (χ1n) is 5.40. The zero-order chi connectivity index (χ0) is 13.0. The molecule has 0 fully saturated rings. The summed E-state index contributed by atoms with van der Waals surface area (Å²) in [5.41, 5.74) is 5.59. The summed E-state index contributed by atoms with van der Waals surface area (Å²) in [5, 5.41) is 2.57. The van der Waals surface area contributed by atoms with Crippen molar-refractivity contribution in [2.24, 2.45) is 5.73 Å². The van der Waals surface area contributed by atoms with Crippen molar-refractivity contribution >= 4 is 18.3 Å². The van der Waals surface area contributed by atoms with E-state index in [9.17, 15) is 13.6 Å². The van der Waals surface area contributed by atoms with Crippen molar-refractivity contribution in [3.63, 3.8) is 0 Å². The first kappa shape index (κ1) is 16.8. The third-order valence-corrected chi connectivity index (χ3v) is 2.33. The lowest BCUT2D eigenvalue weighted by molar-refractivity contribution is -0.122. The fourth-order valence-corrected chi connectivity index (χ4v) is 1.53. The summed E-state index contributed by atoms with van der Waals surface area (Å²) in [7, 11) is 0. The number of halogens is 3. The predicted molar refractivity (Wildman–Crippen MR) is 68.4 cm³/mol. The predicted octanol–water partition coefficient (Wildman–Crippen LogP) is 2.30. The number of nitrogens with one attached hydrogen (secondary N) is 1. The molecule has 102 valence electrons. The first-order chi connectivity index (χ1) is 7.91. The highest BCUT2D eigenvalue weighted by Gasteiger charge is 2.16. The standard InChI is InChI=1S/C12H16F2N2O.ClH/c1-7(15)6-11(17)16-8(2)9-4-3-5-10(13)12(9)14;/h3-5,7-8H,6,15H2,1-2H3,(H,16,17);1H. The van der Waals surface area contributed by atoms with Crippen molar-refractivity contribution in [1.82, 2.24) is 5.32 Å². The number of carbonyl (C=O) groups excluding carboxylic acids is 1. The molecule has 3 nitrogen and oxygen atoms in total. The fraction of sp³-hybridized carbons (Fsp3) is 0.417. The van der Waals surface area contributed by atoms with E-state index in [-0.39, 0.29) is 36.3 Å². The second-order valence-corrected chi connectivity index (χ2v) is 4.11. The normalized spacial score (nSPS) is 13.4. The Hall–Kier alpha value is -1.20. The Labute approximate surface area is 111 Å². The second kappa shape index (κ2) is 7.28. The van der Waals surface area contributed by atoms with Gasteiger partial charge in [0.15, 0.2) is 11.6 Å². The minimum absolute atomic E-state index is 0. The molecule has 0 bridgehead atoms. The van der Waals surface area contributed by atoms with Gasteiger partial charge in [-0.25, -0.2) is 8.78 Å². The maximum absolute atomic E-state index is 13.4. The Morgan fingerprint density at radius 1 is 1.39 bits per heavy atom. The molecule has 0 aliphatic rings. The zero-order valence-electron chi connectivity index (χ0n) is 10.2. The van der Waals surface area contributed by atoms with Crippen LogP contribution in [0.3, 0.4) is 0 Å². The number of carbonyl (C=O) groups is 1. The molecule has 3 N–H and O–H groups in total. The SMILES string of the molecule is CC(N)CC(=O)NC(C)c1cccc(F)c1F.Cl. The van der Waals surface area contributed by atoms with Crippen LogP contribution in [0.5, 0.6) is 0 Å². The summed E-state index contributed by atoms with van der Waals surface area (Å²) in [6, 6.07) is 3.03. The van der Waals surface area contributed by atoms with Crippen LogP contribution in [0.4, 0.5) is 8.78 Å². The van der Waals surface area contributed by atoms with Crippen molar-refractivity contribution in [3.8, 4) is 0 Å². The lowest BCUT2D eigenvalue weighted by Crippen LogP contribution is -2.32. The molecular weight excluding hydrogens is 262 g/mol. The Bertz CT molecular complexity index is 413. The van der Waals surface area contributed by atoms with Gasteiger partial charge >= 0.3 is 0 Å². The number of benzene rings is 1. The second-order valence-electron chi connectivity index (χ2n) is 4.11. The Balaban J connectivity index is 0.00000289. The molecule has 1 aromatic carbocycles. The Morgan fingerprint density at radius 2 is 2.00 bits per heavy atom. The minimum atomic E-state index is -0.930. The van der Waals surface area contributed by atoms with Crippen LogP contribution < -0.4 is 11.1 Å². The van der Waals surface area contributed by atoms with Crippen molar-refractivity contribution in [2.45, 2.75) is 32.4 Å². The van der Waals surface area contributed by atoms with Crippen LogP contribution >= 0.6 is 12.4 Å². The van der Waals surface area contributed by atoms with Gasteiger partial charge < -0.3 is 11.1 Å². The average Bonchev–Trinajstić information content (AvgIpc) is 2.20. The number of rotatable bonds is 4. The highest BCUT2D eigenvalue weighted by atomic mass is 35.5. The van der Waals surface area contributed by atoms with E-state index in [0.717, 1.165) is 6.07 Å². The van der Waals surface area contributed by atoms with Gasteiger partial charge in [0, 0.05) is 18.0 Å². The zero-order valence-corrected chi connectivity index (χ0v) is 11.1. The lowest BCUT2D eigenvalue weighted by Gasteiger charge is -2.16. The Morgan fingerprint density at radius 3 is 2.56 bits per heavy atom. The lowest BCUT2D eigenvalue weighted by atomic mass is 10.1. The van der Waals surface area contributed by atoms with E-state index in [2.05, 4.69) is 5.32 Å². The molecule has 2 atom stereocenters. The topological polar surface area (TPSA) is 55.1 Å². The molecule has 2 unspecified atom stereocenters. The maximum Gasteiger partial charge on any atom is 0.222 e. The van der Waals surface area contributed by atoms with E-state index in [1.54, 1.807) is 13.8 Å². The number of nitrogens with two attached hydrogens (primary N) is 1. The van der Waals surface area contributed by atoms with Crippen LogP contribution in [0, 0.1) is 11.6 Å². The summed E-state index contributed by atoms with van der Waals surface area (Å²) >= 11 is 0. The van der Waals surface area contributed by atoms with Crippen LogP contribution in [-0.4, -0.2) is 11.9 Å². The van der Waals surface area contributed by atoms with Crippen LogP contribution in [0.15, 0.2) is 18.2 Å². The first-order valence-corrected chi connectivity index (χ1v) is 5.40. The monoisotopic (exact) mass is 278 g/mol. The molecule has 0 aliphatic heterocycles. The highest BCUT2D eigenvalue weighted by Crippen LogP contribution is 2.18. The molecule has 0 aliphatic carbocycles. The van der Waals surface area contributed by atoms with Gasteiger partial charge in [0.1, 0.15) is 0 Å². The molecule has 0 spiro atoms. The van der Waals surface area contributed by atoms with Crippen molar-refractivity contribution in [1.29, 1.82) is 0 Å². The van der Waals surface area contributed by atoms with Crippen LogP contribution in [0.2, 0.25) is 0 Å². The van der Waals surface area contributed by atoms with Gasteiger partial charge in [0.2, 0.25) is 5.91 Å². The molecule has 0 heterocycles. The van der Waals surface area contributed by atoms with E-state index in [1.165, 1.54) is 12.1 Å². The number of hydrogen-bond acceptors (Lipinski definition) is 2. The van der Waals surface area contributed by atoms with Gasteiger partial charge in [0.05, 0.1) is 6.04 Å². The van der Waals surface area contributed by atoms with Gasteiger partial charge in [-0.2, -0.15) is 0 Å². The van der Waals surface area contributed by atoms with E-state index in [1.807, 2.05) is 0 Å². The van der Waals surface area contributed by atoms with Crippen molar-refractivity contribution in [3.05, 3.63) is 35.4 Å². The largest absolute Gasteiger partial charge is 0.349 e. The van der Waals surface area contributed by atoms with Crippen LogP contribution in [0.25, 0.3) is 0 Å². The minimum Gasteiger partial charge on any atom is -0.349 e. The summed E-state index contributed by atoms with van der Waals surface area (Å²) in [4.78, 5) is 11.4. The quantitative estimate of drug-likeness (QED) is 0.888. The number of amides is 1. The van der Waals surface area contributed by atoms with Crippen molar-refractivity contribution < 1.29 is 13.6 Å². The summed E-state index contributed by atoms with van der Waals surface area (Å²) in [6.45, 7) is 3.30. The third-order valence-electron chi connectivity index (χ3n) is 2.33. The van der Waals surface area contributed by atoms with E-state index in [0.29, 0.717) is 0 Å². The molecule has 1 rings (SSSR count). The molecule has 18 heavy (non-hydrogen) atoms. The van der Waals surface area contributed by atoms with E-state index >= 15 is 0 Å². The molecular formula is C12H17ClF2N2O. The van der Waals surface area contributed by atoms with Crippen LogP contribution in [-0.2, 0) is 4.79 Å². The molecule has 0 aromatic heterocycles. The summed E-state index contributed by atoms with van der Waals surface area (Å²) < 4.78 is 26.4. The van der Waals surface area contributed by atoms with E-state index in [4.69, 9.17) is 5.73 Å². The smallest absolute Gasteiger partial charge is 0.222 e. The number of hydrogen-bond donors (Lipinski definition) is 2. The molecule has 1 amide bonds. The van der Waals surface area contributed by atoms with Gasteiger partial charge in [-0.3, -0.25) is 4.79 Å². The maximum atomic E-state index is 13.4. The molecule has 0 saturated carbocycles. The summed E-state index contributed by atoms with van der Waals surface area (Å²) in [5.74, 6) is -2.13. The highest BCUT2D eigenvalue weighted by molar-refractivity contribution is 5.85. The average molecular weight is 279 g/mol. The van der Waals surface area contributed by atoms with Gasteiger partial charge in [-0.15, -0.1) is 12.4 Å². The van der Waals surface area contributed by atoms with Gasteiger partial charge in [0.25, 0.3) is 0 Å². The Kier molecular flexibility index (Phi) is 6.80. The molecule has 0 saturated heterocycles. The molecule has 0 radical (unpaired) electrons. The molecule has 6 heteroatoms. The fourth-order valence-electron chi connectivity index (χ4n) is 1.53.